The van der Waals surface area contributed by atoms with Gasteiger partial charge in [0.2, 0.25) is 0 Å². The minimum absolute atomic E-state index is 0.488. The van der Waals surface area contributed by atoms with Gasteiger partial charge in [0, 0.05) is 19.6 Å². The van der Waals surface area contributed by atoms with Crippen molar-refractivity contribution in [3.8, 4) is 0 Å². The number of hydrogen-bond acceptors (Lipinski definition) is 3. The first-order chi connectivity index (χ1) is 8.61. The predicted molar refractivity (Wildman–Crippen MR) is 78.2 cm³/mol. The molecule has 0 radical (unpaired) electrons. The molecule has 0 amide bonds. The molecule has 2 heterocycles. The van der Waals surface area contributed by atoms with Crippen LogP contribution in [-0.2, 0) is 0 Å². The van der Waals surface area contributed by atoms with E-state index in [0.29, 0.717) is 5.41 Å². The average Bonchev–Trinajstić information content (AvgIpc) is 2.51. The summed E-state index contributed by atoms with van der Waals surface area (Å²) < 4.78 is 0. The lowest BCUT2D eigenvalue weighted by Crippen LogP contribution is -2.25. The Labute approximate surface area is 111 Å². The van der Waals surface area contributed by atoms with E-state index in [-0.39, 0.29) is 0 Å². The van der Waals surface area contributed by atoms with Gasteiger partial charge in [-0.25, -0.2) is 0 Å². The fraction of sp³-hybridized carbons (Fsp3) is 0.667. The van der Waals surface area contributed by atoms with Crippen molar-refractivity contribution in [1.82, 2.24) is 4.98 Å². The van der Waals surface area contributed by atoms with Crippen LogP contribution in [0.15, 0.2) is 18.5 Å². The van der Waals surface area contributed by atoms with Crippen LogP contribution in [0.3, 0.4) is 0 Å². The highest BCUT2D eigenvalue weighted by Gasteiger charge is 2.23. The van der Waals surface area contributed by atoms with E-state index in [1.165, 1.54) is 24.9 Å². The molecule has 0 saturated carbocycles. The lowest BCUT2D eigenvalue weighted by molar-refractivity contribution is 0.325. The summed E-state index contributed by atoms with van der Waals surface area (Å²) in [4.78, 5) is 6.82. The first-order valence-corrected chi connectivity index (χ1v) is 7.04. The molecule has 1 aliphatic rings. The van der Waals surface area contributed by atoms with Crippen molar-refractivity contribution in [2.75, 3.05) is 29.9 Å². The third-order valence-electron chi connectivity index (χ3n) is 3.81. The van der Waals surface area contributed by atoms with Gasteiger partial charge in [0.05, 0.1) is 23.8 Å². The van der Waals surface area contributed by atoms with Gasteiger partial charge in [-0.05, 0) is 37.7 Å². The molecule has 0 spiro atoms. The molecule has 1 aliphatic heterocycles. The highest BCUT2D eigenvalue weighted by Crippen LogP contribution is 2.31. The van der Waals surface area contributed by atoms with Gasteiger partial charge in [-0.1, -0.05) is 13.8 Å². The lowest BCUT2D eigenvalue weighted by Gasteiger charge is -2.25. The monoisotopic (exact) mass is 247 g/mol. The van der Waals surface area contributed by atoms with E-state index in [1.54, 1.807) is 0 Å². The van der Waals surface area contributed by atoms with Crippen LogP contribution in [0.4, 0.5) is 11.4 Å². The summed E-state index contributed by atoms with van der Waals surface area (Å²) in [6, 6.07) is 2.22. The van der Waals surface area contributed by atoms with E-state index in [9.17, 15) is 0 Å². The Hall–Kier alpha value is -1.25. The fourth-order valence-corrected chi connectivity index (χ4v) is 2.58. The van der Waals surface area contributed by atoms with Crippen molar-refractivity contribution >= 4 is 11.4 Å². The third kappa shape index (κ3) is 3.37. The molecule has 3 heteroatoms. The maximum Gasteiger partial charge on any atom is 0.0573 e. The van der Waals surface area contributed by atoms with Gasteiger partial charge in [-0.3, -0.25) is 4.98 Å². The maximum absolute atomic E-state index is 4.34. The SMILES string of the molecule is CCNc1cncc(N2CCCC(C)(C)CC2)c1. The van der Waals surface area contributed by atoms with Crippen LogP contribution in [0.1, 0.15) is 40.0 Å². The Morgan fingerprint density at radius 1 is 1.28 bits per heavy atom. The topological polar surface area (TPSA) is 28.2 Å². The second-order valence-electron chi connectivity index (χ2n) is 5.97. The van der Waals surface area contributed by atoms with Crippen molar-refractivity contribution in [2.24, 2.45) is 5.41 Å². The number of nitrogens with one attached hydrogen (secondary N) is 1. The molecule has 1 aromatic heterocycles. The van der Waals surface area contributed by atoms with Crippen molar-refractivity contribution in [3.63, 3.8) is 0 Å². The molecule has 18 heavy (non-hydrogen) atoms. The Morgan fingerprint density at radius 2 is 2.11 bits per heavy atom. The summed E-state index contributed by atoms with van der Waals surface area (Å²) in [6.45, 7) is 10.1. The Balaban J connectivity index is 2.08. The van der Waals surface area contributed by atoms with Crippen LogP contribution < -0.4 is 10.2 Å². The minimum atomic E-state index is 0.488. The summed E-state index contributed by atoms with van der Waals surface area (Å²) in [7, 11) is 0. The number of nitrogens with zero attached hydrogens (tertiary/aromatic N) is 2. The van der Waals surface area contributed by atoms with Gasteiger partial charge in [0.25, 0.3) is 0 Å². The van der Waals surface area contributed by atoms with Gasteiger partial charge in [0.15, 0.2) is 0 Å². The molecule has 1 fully saturated rings. The number of pyridine rings is 1. The highest BCUT2D eigenvalue weighted by atomic mass is 15.1. The molecule has 2 rings (SSSR count). The molecule has 3 nitrogen and oxygen atoms in total. The van der Waals surface area contributed by atoms with Crippen LogP contribution in [0, 0.1) is 5.41 Å². The largest absolute Gasteiger partial charge is 0.384 e. The van der Waals surface area contributed by atoms with Crippen molar-refractivity contribution in [1.29, 1.82) is 0 Å². The van der Waals surface area contributed by atoms with Crippen LogP contribution >= 0.6 is 0 Å². The Bertz CT molecular complexity index is 387. The molecular formula is C15H25N3. The number of anilines is 2. The summed E-state index contributed by atoms with van der Waals surface area (Å²) in [5, 5.41) is 3.33. The zero-order chi connectivity index (χ0) is 13.0. The van der Waals surface area contributed by atoms with Crippen molar-refractivity contribution < 1.29 is 0 Å². The number of rotatable bonds is 3. The van der Waals surface area contributed by atoms with E-state index in [2.05, 4.69) is 42.0 Å². The van der Waals surface area contributed by atoms with Crippen LogP contribution in [-0.4, -0.2) is 24.6 Å². The van der Waals surface area contributed by atoms with E-state index in [1.807, 2.05) is 12.4 Å². The molecule has 1 N–H and O–H groups in total. The van der Waals surface area contributed by atoms with Gasteiger partial charge in [-0.2, -0.15) is 0 Å². The van der Waals surface area contributed by atoms with Crippen LogP contribution in [0.25, 0.3) is 0 Å². The smallest absolute Gasteiger partial charge is 0.0573 e. The molecule has 0 bridgehead atoms. The van der Waals surface area contributed by atoms with Gasteiger partial charge >= 0.3 is 0 Å². The van der Waals surface area contributed by atoms with Gasteiger partial charge in [0.1, 0.15) is 0 Å². The van der Waals surface area contributed by atoms with Gasteiger partial charge in [-0.15, -0.1) is 0 Å². The minimum Gasteiger partial charge on any atom is -0.384 e. The van der Waals surface area contributed by atoms with Crippen molar-refractivity contribution in [2.45, 2.75) is 40.0 Å². The molecular weight excluding hydrogens is 222 g/mol. The molecule has 1 aromatic rings. The molecule has 100 valence electrons. The second-order valence-corrected chi connectivity index (χ2v) is 5.97. The third-order valence-corrected chi connectivity index (χ3v) is 3.81. The fourth-order valence-electron chi connectivity index (χ4n) is 2.58. The highest BCUT2D eigenvalue weighted by molar-refractivity contribution is 5.55. The summed E-state index contributed by atoms with van der Waals surface area (Å²) >= 11 is 0. The normalized spacial score (nSPS) is 19.4. The summed E-state index contributed by atoms with van der Waals surface area (Å²) in [6.07, 6.45) is 7.74. The summed E-state index contributed by atoms with van der Waals surface area (Å²) in [5.41, 5.74) is 2.87. The molecule has 0 aromatic carbocycles. The van der Waals surface area contributed by atoms with E-state index in [4.69, 9.17) is 0 Å². The predicted octanol–water partition coefficient (Wildman–Crippen LogP) is 3.53. The maximum atomic E-state index is 4.34. The molecule has 0 atom stereocenters. The van der Waals surface area contributed by atoms with Crippen LogP contribution in [0.5, 0.6) is 0 Å². The second kappa shape index (κ2) is 5.59. The summed E-state index contributed by atoms with van der Waals surface area (Å²) in [5.74, 6) is 0. The zero-order valence-corrected chi connectivity index (χ0v) is 11.9. The van der Waals surface area contributed by atoms with Crippen molar-refractivity contribution in [3.05, 3.63) is 18.5 Å². The first-order valence-electron chi connectivity index (χ1n) is 7.04. The number of aromatic nitrogens is 1. The van der Waals surface area contributed by atoms with Crippen LogP contribution in [0.2, 0.25) is 0 Å². The Kier molecular flexibility index (Phi) is 4.10. The van der Waals surface area contributed by atoms with E-state index < -0.39 is 0 Å². The van der Waals surface area contributed by atoms with Gasteiger partial charge < -0.3 is 10.2 Å². The molecule has 0 unspecified atom stereocenters. The first kappa shape index (κ1) is 13.2. The standard InChI is InChI=1S/C15H25N3/c1-4-17-13-10-14(12-16-11-13)18-8-5-6-15(2,3)7-9-18/h10-12,17H,4-9H2,1-3H3. The lowest BCUT2D eigenvalue weighted by atomic mass is 9.85. The molecule has 0 aliphatic carbocycles. The zero-order valence-electron chi connectivity index (χ0n) is 11.9. The quantitative estimate of drug-likeness (QED) is 0.885. The van der Waals surface area contributed by atoms with E-state index >= 15 is 0 Å². The Morgan fingerprint density at radius 3 is 2.89 bits per heavy atom. The number of hydrogen-bond donors (Lipinski definition) is 1. The molecule has 1 saturated heterocycles. The van der Waals surface area contributed by atoms with E-state index in [0.717, 1.165) is 25.3 Å². The average molecular weight is 247 g/mol.